The molecule has 114 valence electrons. The molecular formula is C17H29NO2. The molecule has 0 radical (unpaired) electrons. The fourth-order valence-corrected chi connectivity index (χ4v) is 4.40. The quantitative estimate of drug-likeness (QED) is 0.774. The second kappa shape index (κ2) is 7.04. The smallest absolute Gasteiger partial charge is 0.137 e. The van der Waals surface area contributed by atoms with Crippen molar-refractivity contribution in [3.05, 3.63) is 0 Å². The fourth-order valence-electron chi connectivity index (χ4n) is 4.40. The maximum Gasteiger partial charge on any atom is 0.137 e. The Labute approximate surface area is 123 Å². The van der Waals surface area contributed by atoms with Crippen molar-refractivity contribution in [3.8, 4) is 0 Å². The van der Waals surface area contributed by atoms with Gasteiger partial charge in [-0.2, -0.15) is 0 Å². The Morgan fingerprint density at radius 1 is 1.10 bits per heavy atom. The number of nitrogens with zero attached hydrogens (tertiary/aromatic N) is 1. The minimum absolute atomic E-state index is 0.356. The first-order valence-corrected chi connectivity index (χ1v) is 8.73. The molecule has 2 heterocycles. The fraction of sp³-hybridized carbons (Fsp3) is 0.941. The first-order chi connectivity index (χ1) is 9.84. The molecule has 0 aromatic heterocycles. The van der Waals surface area contributed by atoms with Crippen LogP contribution in [-0.4, -0.2) is 42.5 Å². The number of rotatable bonds is 5. The van der Waals surface area contributed by atoms with Crippen LogP contribution in [0.25, 0.3) is 0 Å². The van der Waals surface area contributed by atoms with Crippen LogP contribution in [0.4, 0.5) is 0 Å². The van der Waals surface area contributed by atoms with Gasteiger partial charge in [-0.05, 0) is 64.5 Å². The molecule has 3 unspecified atom stereocenters. The molecule has 0 aromatic carbocycles. The summed E-state index contributed by atoms with van der Waals surface area (Å²) >= 11 is 0. The second-order valence-electron chi connectivity index (χ2n) is 6.84. The number of carbonyl (C=O) groups excluding carboxylic acids is 1. The van der Waals surface area contributed by atoms with E-state index < -0.39 is 0 Å². The van der Waals surface area contributed by atoms with Crippen molar-refractivity contribution in [2.24, 2.45) is 5.92 Å². The van der Waals surface area contributed by atoms with Gasteiger partial charge in [0, 0.05) is 25.0 Å². The maximum atomic E-state index is 12.2. The summed E-state index contributed by atoms with van der Waals surface area (Å²) < 4.78 is 5.71. The number of ether oxygens (including phenoxy) is 1. The highest BCUT2D eigenvalue weighted by molar-refractivity contribution is 5.82. The molecule has 1 saturated carbocycles. The topological polar surface area (TPSA) is 29.5 Å². The van der Waals surface area contributed by atoms with Gasteiger partial charge in [0.15, 0.2) is 0 Å². The van der Waals surface area contributed by atoms with Gasteiger partial charge in [-0.25, -0.2) is 0 Å². The molecule has 3 fully saturated rings. The van der Waals surface area contributed by atoms with Crippen molar-refractivity contribution < 1.29 is 9.53 Å². The third-order valence-corrected chi connectivity index (χ3v) is 5.48. The highest BCUT2D eigenvalue weighted by Crippen LogP contribution is 2.32. The molecule has 0 aromatic rings. The van der Waals surface area contributed by atoms with Gasteiger partial charge in [0.1, 0.15) is 5.78 Å². The van der Waals surface area contributed by atoms with E-state index in [4.69, 9.17) is 4.74 Å². The van der Waals surface area contributed by atoms with Crippen molar-refractivity contribution >= 4 is 5.78 Å². The van der Waals surface area contributed by atoms with Gasteiger partial charge in [-0.15, -0.1) is 0 Å². The summed E-state index contributed by atoms with van der Waals surface area (Å²) in [7, 11) is 0. The van der Waals surface area contributed by atoms with Crippen LogP contribution < -0.4 is 0 Å². The van der Waals surface area contributed by atoms with E-state index in [2.05, 4.69) is 4.90 Å². The minimum atomic E-state index is 0.356. The summed E-state index contributed by atoms with van der Waals surface area (Å²) in [5.41, 5.74) is 0. The van der Waals surface area contributed by atoms with E-state index in [1.807, 2.05) is 0 Å². The van der Waals surface area contributed by atoms with E-state index in [1.165, 1.54) is 58.0 Å². The summed E-state index contributed by atoms with van der Waals surface area (Å²) in [4.78, 5) is 14.8. The predicted molar refractivity (Wildman–Crippen MR) is 79.8 cm³/mol. The molecule has 3 atom stereocenters. The highest BCUT2D eigenvalue weighted by atomic mass is 16.5. The maximum absolute atomic E-state index is 12.2. The van der Waals surface area contributed by atoms with Gasteiger partial charge in [0.25, 0.3) is 0 Å². The lowest BCUT2D eigenvalue weighted by atomic mass is 9.82. The molecule has 3 heteroatoms. The van der Waals surface area contributed by atoms with Gasteiger partial charge in [0.2, 0.25) is 0 Å². The Morgan fingerprint density at radius 3 is 2.85 bits per heavy atom. The van der Waals surface area contributed by atoms with Crippen molar-refractivity contribution in [1.82, 2.24) is 4.90 Å². The van der Waals surface area contributed by atoms with Gasteiger partial charge >= 0.3 is 0 Å². The zero-order valence-corrected chi connectivity index (χ0v) is 12.7. The molecule has 0 bridgehead atoms. The molecule has 1 aliphatic carbocycles. The Hall–Kier alpha value is -0.410. The van der Waals surface area contributed by atoms with E-state index >= 15 is 0 Å². The molecule has 3 rings (SSSR count). The third-order valence-electron chi connectivity index (χ3n) is 5.48. The average molecular weight is 279 g/mol. The largest absolute Gasteiger partial charge is 0.378 e. The monoisotopic (exact) mass is 279 g/mol. The van der Waals surface area contributed by atoms with Crippen LogP contribution in [0.3, 0.4) is 0 Å². The Kier molecular flexibility index (Phi) is 5.11. The summed E-state index contributed by atoms with van der Waals surface area (Å²) in [5.74, 6) is 0.904. The van der Waals surface area contributed by atoms with E-state index in [1.54, 1.807) is 0 Å². The Balaban J connectivity index is 1.46. The first kappa shape index (κ1) is 14.5. The van der Waals surface area contributed by atoms with Crippen LogP contribution in [0.2, 0.25) is 0 Å². The SMILES string of the molecule is O=C1CCCCC1C1CCCN1CCCC1CCCO1. The zero-order valence-electron chi connectivity index (χ0n) is 12.7. The van der Waals surface area contributed by atoms with Gasteiger partial charge in [-0.1, -0.05) is 6.42 Å². The van der Waals surface area contributed by atoms with E-state index in [0.717, 1.165) is 25.9 Å². The summed E-state index contributed by atoms with van der Waals surface area (Å²) in [6.07, 6.45) is 12.4. The Morgan fingerprint density at radius 2 is 2.05 bits per heavy atom. The normalized spacial score (nSPS) is 35.8. The highest BCUT2D eigenvalue weighted by Gasteiger charge is 2.36. The van der Waals surface area contributed by atoms with Gasteiger partial charge < -0.3 is 4.74 Å². The first-order valence-electron chi connectivity index (χ1n) is 8.73. The molecule has 0 spiro atoms. The molecule has 20 heavy (non-hydrogen) atoms. The van der Waals surface area contributed by atoms with E-state index in [-0.39, 0.29) is 0 Å². The van der Waals surface area contributed by atoms with Crippen LogP contribution in [0.1, 0.15) is 64.2 Å². The molecule has 3 aliphatic rings. The predicted octanol–water partition coefficient (Wildman–Crippen LogP) is 3.17. The van der Waals surface area contributed by atoms with E-state index in [0.29, 0.717) is 23.8 Å². The number of likely N-dealkylation sites (tertiary alicyclic amines) is 1. The number of carbonyl (C=O) groups is 1. The lowest BCUT2D eigenvalue weighted by Gasteiger charge is -2.33. The van der Waals surface area contributed by atoms with Gasteiger partial charge in [-0.3, -0.25) is 9.69 Å². The number of ketones is 1. The van der Waals surface area contributed by atoms with Crippen molar-refractivity contribution in [3.63, 3.8) is 0 Å². The van der Waals surface area contributed by atoms with Crippen LogP contribution in [0.15, 0.2) is 0 Å². The molecule has 0 N–H and O–H groups in total. The minimum Gasteiger partial charge on any atom is -0.378 e. The van der Waals surface area contributed by atoms with Crippen LogP contribution in [-0.2, 0) is 9.53 Å². The molecule has 2 saturated heterocycles. The van der Waals surface area contributed by atoms with Crippen LogP contribution in [0, 0.1) is 5.92 Å². The van der Waals surface area contributed by atoms with E-state index in [9.17, 15) is 4.79 Å². The van der Waals surface area contributed by atoms with Gasteiger partial charge in [0.05, 0.1) is 6.10 Å². The standard InChI is InChI=1S/C17H29NO2/c19-17-10-2-1-8-15(17)16-9-4-12-18(16)11-3-6-14-7-5-13-20-14/h14-16H,1-13H2. The van der Waals surface area contributed by atoms with Crippen molar-refractivity contribution in [1.29, 1.82) is 0 Å². The summed E-state index contributed by atoms with van der Waals surface area (Å²) in [5, 5.41) is 0. The number of hydrogen-bond acceptors (Lipinski definition) is 3. The molecule has 3 nitrogen and oxygen atoms in total. The number of hydrogen-bond donors (Lipinski definition) is 0. The third kappa shape index (κ3) is 3.43. The lowest BCUT2D eigenvalue weighted by Crippen LogP contribution is -2.41. The van der Waals surface area contributed by atoms with Crippen molar-refractivity contribution in [2.75, 3.05) is 19.7 Å². The summed E-state index contributed by atoms with van der Waals surface area (Å²) in [6.45, 7) is 3.35. The van der Waals surface area contributed by atoms with Crippen LogP contribution in [0.5, 0.6) is 0 Å². The molecular weight excluding hydrogens is 250 g/mol. The zero-order chi connectivity index (χ0) is 13.8. The second-order valence-corrected chi connectivity index (χ2v) is 6.84. The lowest BCUT2D eigenvalue weighted by molar-refractivity contribution is -0.126. The molecule has 0 amide bonds. The summed E-state index contributed by atoms with van der Waals surface area (Å²) in [6, 6.07) is 0.562. The number of Topliss-reactive ketones (excluding diaryl/α,β-unsaturated/α-hetero) is 1. The Bertz CT molecular complexity index is 325. The van der Waals surface area contributed by atoms with Crippen molar-refractivity contribution in [2.45, 2.75) is 76.4 Å². The molecule has 2 aliphatic heterocycles. The van der Waals surface area contributed by atoms with Crippen LogP contribution >= 0.6 is 0 Å². The average Bonchev–Trinajstić information content (AvgIpc) is 3.11.